The molecule has 5 N–H and O–H groups in total. The predicted octanol–water partition coefficient (Wildman–Crippen LogP) is 1.66. The molecule has 96 valence electrons. The van der Waals surface area contributed by atoms with Crippen LogP contribution in [0.25, 0.3) is 0 Å². The zero-order valence-corrected chi connectivity index (χ0v) is 11.2. The minimum Gasteiger partial charge on any atom is -0.507 e. The minimum atomic E-state index is -1.23. The highest BCUT2D eigenvalue weighted by Gasteiger charge is 2.18. The maximum atomic E-state index is 10.8. The molecule has 0 spiro atoms. The molecule has 0 bridgehead atoms. The Balaban J connectivity index is 0.00000256. The molecule has 0 radical (unpaired) electrons. The summed E-state index contributed by atoms with van der Waals surface area (Å²) >= 11 is 3.14. The van der Waals surface area contributed by atoms with Gasteiger partial charge in [0.25, 0.3) is 0 Å². The van der Waals surface area contributed by atoms with Crippen LogP contribution < -0.4 is 5.73 Å². The Morgan fingerprint density at radius 3 is 2.53 bits per heavy atom. The summed E-state index contributed by atoms with van der Waals surface area (Å²) in [6.07, 6.45) is 0.253. The lowest BCUT2D eigenvalue weighted by Gasteiger charge is -2.14. The van der Waals surface area contributed by atoms with Crippen molar-refractivity contribution in [3.05, 3.63) is 27.7 Å². The largest absolute Gasteiger partial charge is 0.507 e. The SMILES string of the molecule is Cl.N[C@@H](CCO)c1cc(Br)cc(C(=O)O)c1O. The third-order valence-corrected chi connectivity index (χ3v) is 2.63. The number of hydrogen-bond donors (Lipinski definition) is 4. The van der Waals surface area contributed by atoms with Crippen LogP contribution in [0.5, 0.6) is 5.75 Å². The Kier molecular flexibility index (Phi) is 6.48. The van der Waals surface area contributed by atoms with Crippen LogP contribution in [0.3, 0.4) is 0 Å². The number of aromatic hydroxyl groups is 1. The number of nitrogens with two attached hydrogens (primary N) is 1. The van der Waals surface area contributed by atoms with Crippen molar-refractivity contribution in [3.63, 3.8) is 0 Å². The van der Waals surface area contributed by atoms with Crippen LogP contribution >= 0.6 is 28.3 Å². The topological polar surface area (TPSA) is 104 Å². The molecule has 5 nitrogen and oxygen atoms in total. The zero-order chi connectivity index (χ0) is 12.3. The summed E-state index contributed by atoms with van der Waals surface area (Å²) in [5.74, 6) is -1.58. The number of halogens is 2. The number of aliphatic hydroxyl groups is 1. The van der Waals surface area contributed by atoms with E-state index in [1.807, 2.05) is 0 Å². The van der Waals surface area contributed by atoms with Crippen molar-refractivity contribution in [3.8, 4) is 5.75 Å². The summed E-state index contributed by atoms with van der Waals surface area (Å²) in [6.45, 7) is -0.129. The number of carboxylic acid groups (broad SMARTS) is 1. The van der Waals surface area contributed by atoms with Crippen LogP contribution in [-0.2, 0) is 0 Å². The molecule has 0 amide bonds. The van der Waals surface area contributed by atoms with E-state index in [1.54, 1.807) is 6.07 Å². The second-order valence-corrected chi connectivity index (χ2v) is 4.23. The molecule has 17 heavy (non-hydrogen) atoms. The average molecular weight is 327 g/mol. The first-order chi connectivity index (χ1) is 7.47. The third kappa shape index (κ3) is 3.85. The predicted molar refractivity (Wildman–Crippen MR) is 68.6 cm³/mol. The highest BCUT2D eigenvalue weighted by atomic mass is 79.9. The molecule has 1 atom stereocenters. The highest BCUT2D eigenvalue weighted by Crippen LogP contribution is 2.32. The zero-order valence-electron chi connectivity index (χ0n) is 8.76. The molecule has 0 saturated carbocycles. The van der Waals surface area contributed by atoms with E-state index in [9.17, 15) is 9.90 Å². The van der Waals surface area contributed by atoms with Gasteiger partial charge in [0.05, 0.1) is 0 Å². The molecule has 0 saturated heterocycles. The quantitative estimate of drug-likeness (QED) is 0.673. The number of carboxylic acids is 1. The van der Waals surface area contributed by atoms with Crippen LogP contribution in [0.4, 0.5) is 0 Å². The van der Waals surface area contributed by atoms with Crippen molar-refractivity contribution in [2.24, 2.45) is 5.73 Å². The summed E-state index contributed by atoms with van der Waals surface area (Å²) in [6, 6.07) is 2.25. The Hall–Kier alpha value is -0.820. The van der Waals surface area contributed by atoms with Crippen LogP contribution in [-0.4, -0.2) is 27.9 Å². The maximum absolute atomic E-state index is 10.8. The molecule has 1 aromatic rings. The van der Waals surface area contributed by atoms with Crippen LogP contribution in [0.1, 0.15) is 28.4 Å². The molecule has 0 unspecified atom stereocenters. The number of benzene rings is 1. The fraction of sp³-hybridized carbons (Fsp3) is 0.300. The van der Waals surface area contributed by atoms with Crippen molar-refractivity contribution in [1.29, 1.82) is 0 Å². The van der Waals surface area contributed by atoms with Crippen molar-refractivity contribution in [2.75, 3.05) is 6.61 Å². The first-order valence-corrected chi connectivity index (χ1v) is 5.38. The van der Waals surface area contributed by atoms with E-state index in [2.05, 4.69) is 15.9 Å². The van der Waals surface area contributed by atoms with E-state index in [-0.39, 0.29) is 36.7 Å². The number of aliphatic hydroxyl groups excluding tert-OH is 1. The molecule has 0 aliphatic carbocycles. The van der Waals surface area contributed by atoms with Crippen molar-refractivity contribution >= 4 is 34.3 Å². The summed E-state index contributed by atoms with van der Waals surface area (Å²) in [5, 5.41) is 27.3. The van der Waals surface area contributed by atoms with Gasteiger partial charge in [0.2, 0.25) is 0 Å². The van der Waals surface area contributed by atoms with Gasteiger partial charge in [-0.05, 0) is 18.6 Å². The number of aromatic carboxylic acids is 1. The first-order valence-electron chi connectivity index (χ1n) is 4.59. The normalized spacial score (nSPS) is 11.7. The molecule has 0 aliphatic rings. The molecule has 1 aromatic carbocycles. The van der Waals surface area contributed by atoms with Crippen LogP contribution in [0, 0.1) is 0 Å². The fourth-order valence-corrected chi connectivity index (χ4v) is 1.84. The molecule has 0 aromatic heterocycles. The van der Waals surface area contributed by atoms with Gasteiger partial charge in [0, 0.05) is 22.7 Å². The Morgan fingerprint density at radius 2 is 2.06 bits per heavy atom. The summed E-state index contributed by atoms with van der Waals surface area (Å²) in [5.41, 5.74) is 5.81. The maximum Gasteiger partial charge on any atom is 0.339 e. The lowest BCUT2D eigenvalue weighted by atomic mass is 10.0. The van der Waals surface area contributed by atoms with E-state index in [0.29, 0.717) is 10.0 Å². The van der Waals surface area contributed by atoms with E-state index >= 15 is 0 Å². The number of carbonyl (C=O) groups is 1. The minimum absolute atomic E-state index is 0. The highest BCUT2D eigenvalue weighted by molar-refractivity contribution is 9.10. The van der Waals surface area contributed by atoms with Gasteiger partial charge in [-0.3, -0.25) is 0 Å². The fourth-order valence-electron chi connectivity index (χ4n) is 1.36. The summed E-state index contributed by atoms with van der Waals surface area (Å²) in [4.78, 5) is 10.8. The monoisotopic (exact) mass is 325 g/mol. The Morgan fingerprint density at radius 1 is 1.47 bits per heavy atom. The molecular weight excluding hydrogens is 313 g/mol. The van der Waals surface area contributed by atoms with Crippen molar-refractivity contribution < 1.29 is 20.1 Å². The van der Waals surface area contributed by atoms with Gasteiger partial charge in [-0.15, -0.1) is 12.4 Å². The van der Waals surface area contributed by atoms with Gasteiger partial charge in [0.1, 0.15) is 11.3 Å². The van der Waals surface area contributed by atoms with Gasteiger partial charge in [-0.25, -0.2) is 4.79 Å². The summed E-state index contributed by atoms with van der Waals surface area (Å²) < 4.78 is 0.520. The van der Waals surface area contributed by atoms with Gasteiger partial charge in [0.15, 0.2) is 0 Å². The smallest absolute Gasteiger partial charge is 0.339 e. The van der Waals surface area contributed by atoms with E-state index in [1.165, 1.54) is 6.07 Å². The lowest BCUT2D eigenvalue weighted by Crippen LogP contribution is -2.13. The molecule has 0 fully saturated rings. The standard InChI is InChI=1S/C10H12BrNO4.ClH/c11-5-3-6(8(12)1-2-13)9(14)7(4-5)10(15)16;/h3-4,8,13-14H,1-2,12H2,(H,15,16);1H/t8-;/m0./s1. The molecule has 0 aliphatic heterocycles. The van der Waals surface area contributed by atoms with E-state index in [4.69, 9.17) is 15.9 Å². The van der Waals surface area contributed by atoms with Gasteiger partial charge in [-0.2, -0.15) is 0 Å². The average Bonchev–Trinajstić information content (AvgIpc) is 2.20. The van der Waals surface area contributed by atoms with Crippen molar-refractivity contribution in [1.82, 2.24) is 0 Å². The second kappa shape index (κ2) is 6.80. The number of hydrogen-bond acceptors (Lipinski definition) is 4. The third-order valence-electron chi connectivity index (χ3n) is 2.17. The van der Waals surface area contributed by atoms with Crippen LogP contribution in [0.2, 0.25) is 0 Å². The number of rotatable bonds is 4. The molecule has 0 heterocycles. The van der Waals surface area contributed by atoms with Gasteiger partial charge >= 0.3 is 5.97 Å². The number of phenols is 1. The molecular formula is C10H13BrClNO4. The lowest BCUT2D eigenvalue weighted by molar-refractivity contribution is 0.0693. The molecule has 1 rings (SSSR count). The van der Waals surface area contributed by atoms with E-state index in [0.717, 1.165) is 0 Å². The second-order valence-electron chi connectivity index (χ2n) is 3.32. The Bertz CT molecular complexity index is 414. The Labute approximate surface area is 113 Å². The van der Waals surface area contributed by atoms with Gasteiger partial charge in [-0.1, -0.05) is 15.9 Å². The van der Waals surface area contributed by atoms with Gasteiger partial charge < -0.3 is 21.1 Å². The first kappa shape index (κ1) is 16.2. The van der Waals surface area contributed by atoms with Crippen LogP contribution in [0.15, 0.2) is 16.6 Å². The van der Waals surface area contributed by atoms with E-state index < -0.39 is 12.0 Å². The van der Waals surface area contributed by atoms with Crippen molar-refractivity contribution in [2.45, 2.75) is 12.5 Å². The summed E-state index contributed by atoms with van der Waals surface area (Å²) in [7, 11) is 0. The molecule has 7 heteroatoms.